The number of sulfonamides is 1. The third-order valence-corrected chi connectivity index (χ3v) is 8.05. The Kier molecular flexibility index (Phi) is 5.96. The molecule has 0 bridgehead atoms. The van der Waals surface area contributed by atoms with E-state index in [9.17, 15) is 8.42 Å². The normalized spacial score (nSPS) is 17.0. The first kappa shape index (κ1) is 21.7. The molecule has 2 heterocycles. The number of aryl methyl sites for hydroxylation is 3. The van der Waals surface area contributed by atoms with Crippen molar-refractivity contribution in [1.29, 1.82) is 0 Å². The number of piperazine rings is 1. The summed E-state index contributed by atoms with van der Waals surface area (Å²) in [5.74, 6) is 1.04. The summed E-state index contributed by atoms with van der Waals surface area (Å²) in [6.07, 6.45) is 0. The van der Waals surface area contributed by atoms with E-state index in [0.29, 0.717) is 42.9 Å². The van der Waals surface area contributed by atoms with Gasteiger partial charge in [-0.1, -0.05) is 35.9 Å². The van der Waals surface area contributed by atoms with Gasteiger partial charge in [0, 0.05) is 31.7 Å². The second kappa shape index (κ2) is 8.53. The van der Waals surface area contributed by atoms with Gasteiger partial charge in [0.15, 0.2) is 0 Å². The lowest BCUT2D eigenvalue weighted by Crippen LogP contribution is -2.49. The van der Waals surface area contributed by atoms with Gasteiger partial charge in [0.1, 0.15) is 0 Å². The van der Waals surface area contributed by atoms with Crippen LogP contribution in [0.2, 0.25) is 0 Å². The lowest BCUT2D eigenvalue weighted by atomic mass is 10.1. The first-order valence-corrected chi connectivity index (χ1v) is 11.9. The minimum Gasteiger partial charge on any atom is -0.419 e. The van der Waals surface area contributed by atoms with Gasteiger partial charge in [-0.2, -0.15) is 4.31 Å². The van der Waals surface area contributed by atoms with Gasteiger partial charge in [-0.25, -0.2) is 8.42 Å². The molecule has 7 nitrogen and oxygen atoms in total. The third-order valence-electron chi connectivity index (χ3n) is 5.84. The van der Waals surface area contributed by atoms with Crippen LogP contribution in [0.25, 0.3) is 11.5 Å². The van der Waals surface area contributed by atoms with Crippen molar-refractivity contribution in [2.45, 2.75) is 38.6 Å². The van der Waals surface area contributed by atoms with Crippen LogP contribution in [0, 0.1) is 20.8 Å². The van der Waals surface area contributed by atoms with Gasteiger partial charge >= 0.3 is 0 Å². The fourth-order valence-corrected chi connectivity index (χ4v) is 6.12. The Morgan fingerprint density at radius 2 is 1.55 bits per heavy atom. The monoisotopic (exact) mass is 440 g/mol. The lowest BCUT2D eigenvalue weighted by molar-refractivity contribution is 0.129. The molecule has 0 spiro atoms. The van der Waals surface area contributed by atoms with E-state index in [0.717, 1.165) is 22.3 Å². The van der Waals surface area contributed by atoms with Gasteiger partial charge in [-0.15, -0.1) is 10.2 Å². The number of hydrogen-bond acceptors (Lipinski definition) is 6. The fraction of sp³-hybridized carbons (Fsp3) is 0.391. The average molecular weight is 441 g/mol. The van der Waals surface area contributed by atoms with Crippen molar-refractivity contribution in [1.82, 2.24) is 19.4 Å². The van der Waals surface area contributed by atoms with Crippen molar-refractivity contribution in [2.24, 2.45) is 0 Å². The number of aromatic nitrogens is 2. The van der Waals surface area contributed by atoms with Gasteiger partial charge in [0.25, 0.3) is 0 Å². The van der Waals surface area contributed by atoms with E-state index in [4.69, 9.17) is 4.42 Å². The molecule has 8 heteroatoms. The van der Waals surface area contributed by atoms with Gasteiger partial charge in [-0.05, 0) is 51.0 Å². The molecule has 1 aromatic heterocycles. The molecule has 1 atom stereocenters. The number of nitrogens with zero attached hydrogens (tertiary/aromatic N) is 4. The van der Waals surface area contributed by atoms with E-state index < -0.39 is 10.0 Å². The SMILES string of the molecule is Cc1cc(C)c(S(=O)(=O)N2CCN([C@H](C)c3nnc(-c4ccccc4)o3)CC2)c(C)c1. The van der Waals surface area contributed by atoms with Gasteiger partial charge < -0.3 is 4.42 Å². The molecule has 1 fully saturated rings. The maximum absolute atomic E-state index is 13.3. The zero-order chi connectivity index (χ0) is 22.2. The van der Waals surface area contributed by atoms with Crippen LogP contribution in [0.3, 0.4) is 0 Å². The molecule has 0 amide bonds. The summed E-state index contributed by atoms with van der Waals surface area (Å²) >= 11 is 0. The summed E-state index contributed by atoms with van der Waals surface area (Å²) in [6, 6.07) is 13.4. The Bertz CT molecular complexity index is 1140. The van der Waals surface area contributed by atoms with Crippen molar-refractivity contribution in [3.63, 3.8) is 0 Å². The molecular formula is C23H28N4O3S. The summed E-state index contributed by atoms with van der Waals surface area (Å²) in [4.78, 5) is 2.62. The minimum absolute atomic E-state index is 0.0855. The predicted octanol–water partition coefficient (Wildman–Crippen LogP) is 3.73. The molecule has 2 aromatic carbocycles. The summed E-state index contributed by atoms with van der Waals surface area (Å²) in [5, 5.41) is 8.40. The Morgan fingerprint density at radius 3 is 2.16 bits per heavy atom. The van der Waals surface area contributed by atoms with E-state index in [1.165, 1.54) is 0 Å². The summed E-state index contributed by atoms with van der Waals surface area (Å²) in [7, 11) is -3.53. The van der Waals surface area contributed by atoms with Crippen LogP contribution in [0.1, 0.15) is 35.5 Å². The average Bonchev–Trinajstić information content (AvgIpc) is 3.23. The van der Waals surface area contributed by atoms with E-state index in [-0.39, 0.29) is 6.04 Å². The zero-order valence-corrected chi connectivity index (χ0v) is 19.2. The van der Waals surface area contributed by atoms with Gasteiger partial charge in [0.2, 0.25) is 21.8 Å². The maximum atomic E-state index is 13.3. The molecule has 0 aliphatic carbocycles. The molecule has 4 rings (SSSR count). The standard InChI is InChI=1S/C23H28N4O3S/c1-16-14-17(2)21(18(3)15-16)31(28,29)27-12-10-26(11-13-27)19(4)22-24-25-23(30-22)20-8-6-5-7-9-20/h5-9,14-15,19H,10-13H2,1-4H3/t19-/m1/s1. The first-order valence-electron chi connectivity index (χ1n) is 10.5. The molecule has 0 unspecified atom stereocenters. The van der Waals surface area contributed by atoms with Crippen LogP contribution in [-0.2, 0) is 10.0 Å². The third kappa shape index (κ3) is 4.28. The number of hydrogen-bond donors (Lipinski definition) is 0. The molecule has 31 heavy (non-hydrogen) atoms. The van der Waals surface area contributed by atoms with Crippen molar-refractivity contribution in [2.75, 3.05) is 26.2 Å². The molecule has 0 saturated carbocycles. The number of rotatable bonds is 5. The molecule has 3 aromatic rings. The summed E-state index contributed by atoms with van der Waals surface area (Å²) in [6.45, 7) is 9.80. The van der Waals surface area contributed by atoms with E-state index >= 15 is 0 Å². The largest absolute Gasteiger partial charge is 0.419 e. The first-order chi connectivity index (χ1) is 14.8. The zero-order valence-electron chi connectivity index (χ0n) is 18.4. The smallest absolute Gasteiger partial charge is 0.247 e. The quantitative estimate of drug-likeness (QED) is 0.601. The van der Waals surface area contributed by atoms with Crippen LogP contribution in [-0.4, -0.2) is 54.0 Å². The van der Waals surface area contributed by atoms with E-state index in [1.54, 1.807) is 4.31 Å². The van der Waals surface area contributed by atoms with Crippen LogP contribution < -0.4 is 0 Å². The van der Waals surface area contributed by atoms with Crippen molar-refractivity contribution < 1.29 is 12.8 Å². The molecule has 0 radical (unpaired) electrons. The summed E-state index contributed by atoms with van der Waals surface area (Å²) < 4.78 is 34.1. The second-order valence-corrected chi connectivity index (χ2v) is 10.0. The molecule has 1 saturated heterocycles. The minimum atomic E-state index is -3.53. The van der Waals surface area contributed by atoms with Crippen LogP contribution in [0.4, 0.5) is 0 Å². The Hall–Kier alpha value is -2.55. The Labute approximate surface area is 183 Å². The van der Waals surface area contributed by atoms with Gasteiger partial charge in [0.05, 0.1) is 10.9 Å². The van der Waals surface area contributed by atoms with E-state index in [1.807, 2.05) is 70.2 Å². The van der Waals surface area contributed by atoms with Crippen LogP contribution in [0.5, 0.6) is 0 Å². The Morgan fingerprint density at radius 1 is 0.935 bits per heavy atom. The topological polar surface area (TPSA) is 79.5 Å². The molecular weight excluding hydrogens is 412 g/mol. The highest BCUT2D eigenvalue weighted by Crippen LogP contribution is 2.28. The van der Waals surface area contributed by atoms with Crippen LogP contribution >= 0.6 is 0 Å². The molecule has 1 aliphatic rings. The lowest BCUT2D eigenvalue weighted by Gasteiger charge is -2.36. The van der Waals surface area contributed by atoms with Crippen LogP contribution in [0.15, 0.2) is 51.8 Å². The predicted molar refractivity (Wildman–Crippen MR) is 119 cm³/mol. The number of benzene rings is 2. The molecule has 0 N–H and O–H groups in total. The highest BCUT2D eigenvalue weighted by Gasteiger charge is 2.33. The maximum Gasteiger partial charge on any atom is 0.247 e. The highest BCUT2D eigenvalue weighted by molar-refractivity contribution is 7.89. The van der Waals surface area contributed by atoms with Crippen molar-refractivity contribution in [3.8, 4) is 11.5 Å². The highest BCUT2D eigenvalue weighted by atomic mass is 32.2. The Balaban J connectivity index is 1.46. The second-order valence-electron chi connectivity index (χ2n) is 8.16. The fourth-order valence-electron chi connectivity index (χ4n) is 4.29. The van der Waals surface area contributed by atoms with E-state index in [2.05, 4.69) is 15.1 Å². The van der Waals surface area contributed by atoms with Crippen molar-refractivity contribution in [3.05, 3.63) is 65.0 Å². The summed E-state index contributed by atoms with van der Waals surface area (Å²) in [5.41, 5.74) is 3.55. The van der Waals surface area contributed by atoms with Crippen molar-refractivity contribution >= 4 is 10.0 Å². The molecule has 1 aliphatic heterocycles. The molecule has 164 valence electrons. The van der Waals surface area contributed by atoms with Gasteiger partial charge in [-0.3, -0.25) is 4.90 Å².